The Balaban J connectivity index is 1.55. The molecule has 134 valence electrons. The van der Waals surface area contributed by atoms with Gasteiger partial charge in [0, 0.05) is 22.7 Å². The van der Waals surface area contributed by atoms with Crippen LogP contribution >= 0.6 is 0 Å². The number of furan rings is 1. The first kappa shape index (κ1) is 16.5. The van der Waals surface area contributed by atoms with Gasteiger partial charge in [0.25, 0.3) is 0 Å². The van der Waals surface area contributed by atoms with Crippen LogP contribution in [-0.4, -0.2) is 12.7 Å². The highest BCUT2D eigenvalue weighted by molar-refractivity contribution is 5.95. The van der Waals surface area contributed by atoms with Crippen molar-refractivity contribution >= 4 is 22.6 Å². The van der Waals surface area contributed by atoms with Crippen molar-refractivity contribution in [3.05, 3.63) is 53.3 Å². The third-order valence-electron chi connectivity index (χ3n) is 4.67. The second kappa shape index (κ2) is 6.41. The molecule has 2 aromatic carbocycles. The summed E-state index contributed by atoms with van der Waals surface area (Å²) < 4.78 is 16.3. The molecule has 0 spiro atoms. The van der Waals surface area contributed by atoms with Crippen LogP contribution in [0.2, 0.25) is 0 Å². The maximum atomic E-state index is 12.5. The smallest absolute Gasteiger partial charge is 0.231 e. The number of anilines is 1. The summed E-state index contributed by atoms with van der Waals surface area (Å²) in [4.78, 5) is 12.5. The minimum atomic E-state index is -0.0989. The van der Waals surface area contributed by atoms with E-state index in [1.807, 2.05) is 6.07 Å². The lowest BCUT2D eigenvalue weighted by molar-refractivity contribution is -0.115. The molecule has 4 rings (SSSR count). The Bertz CT molecular complexity index is 987. The Labute approximate surface area is 151 Å². The van der Waals surface area contributed by atoms with Gasteiger partial charge >= 0.3 is 0 Å². The van der Waals surface area contributed by atoms with Crippen molar-refractivity contribution in [3.8, 4) is 11.5 Å². The molecule has 1 aliphatic rings. The van der Waals surface area contributed by atoms with E-state index < -0.39 is 0 Å². The lowest BCUT2D eigenvalue weighted by Crippen LogP contribution is -2.14. The maximum Gasteiger partial charge on any atom is 0.231 e. The van der Waals surface area contributed by atoms with E-state index in [1.165, 1.54) is 11.1 Å². The molecule has 5 heteroatoms. The highest BCUT2D eigenvalue weighted by Gasteiger charge is 2.16. The fourth-order valence-electron chi connectivity index (χ4n) is 3.36. The zero-order chi connectivity index (χ0) is 18.3. The Morgan fingerprint density at radius 3 is 2.77 bits per heavy atom. The Hall–Kier alpha value is -2.95. The highest BCUT2D eigenvalue weighted by Crippen LogP contribution is 2.34. The van der Waals surface area contributed by atoms with Crippen molar-refractivity contribution in [3.63, 3.8) is 0 Å². The van der Waals surface area contributed by atoms with Gasteiger partial charge in [0.2, 0.25) is 12.7 Å². The van der Waals surface area contributed by atoms with Crippen LogP contribution < -0.4 is 14.8 Å². The number of rotatable bonds is 4. The SMILES string of the molecule is Cc1cc2occ(CC(=O)Nc3ccc4c(c3)OCO4)c2cc1C(C)C. The predicted molar refractivity (Wildman–Crippen MR) is 99.9 cm³/mol. The summed E-state index contributed by atoms with van der Waals surface area (Å²) in [7, 11) is 0. The zero-order valence-corrected chi connectivity index (χ0v) is 15.1. The van der Waals surface area contributed by atoms with Gasteiger partial charge in [0.15, 0.2) is 11.5 Å². The molecule has 0 bridgehead atoms. The average molecular weight is 351 g/mol. The van der Waals surface area contributed by atoms with E-state index in [4.69, 9.17) is 13.9 Å². The normalized spacial score (nSPS) is 12.8. The second-order valence-corrected chi connectivity index (χ2v) is 6.91. The molecule has 1 amide bonds. The van der Waals surface area contributed by atoms with Gasteiger partial charge < -0.3 is 19.2 Å². The first-order chi connectivity index (χ1) is 12.5. The number of hydrogen-bond donors (Lipinski definition) is 1. The Morgan fingerprint density at radius 1 is 1.15 bits per heavy atom. The molecule has 0 saturated heterocycles. The fraction of sp³-hybridized carbons (Fsp3) is 0.286. The molecule has 0 saturated carbocycles. The lowest BCUT2D eigenvalue weighted by Gasteiger charge is -2.10. The number of carbonyl (C=O) groups excluding carboxylic acids is 1. The molecule has 0 unspecified atom stereocenters. The van der Waals surface area contributed by atoms with Crippen LogP contribution in [0.25, 0.3) is 11.0 Å². The number of ether oxygens (including phenoxy) is 2. The number of benzene rings is 2. The van der Waals surface area contributed by atoms with Crippen LogP contribution in [0.5, 0.6) is 11.5 Å². The van der Waals surface area contributed by atoms with Gasteiger partial charge in [-0.3, -0.25) is 4.79 Å². The van der Waals surface area contributed by atoms with E-state index in [1.54, 1.807) is 24.5 Å². The molecule has 1 N–H and O–H groups in total. The van der Waals surface area contributed by atoms with E-state index in [0.29, 0.717) is 23.1 Å². The molecule has 1 aliphatic heterocycles. The molecule has 2 heterocycles. The van der Waals surface area contributed by atoms with Gasteiger partial charge in [0.1, 0.15) is 5.58 Å². The fourth-order valence-corrected chi connectivity index (χ4v) is 3.36. The second-order valence-electron chi connectivity index (χ2n) is 6.91. The van der Waals surface area contributed by atoms with Gasteiger partial charge in [-0.15, -0.1) is 0 Å². The molecule has 1 aromatic heterocycles. The van der Waals surface area contributed by atoms with E-state index in [2.05, 4.69) is 32.2 Å². The Morgan fingerprint density at radius 2 is 1.96 bits per heavy atom. The van der Waals surface area contributed by atoms with Crippen molar-refractivity contribution in [1.29, 1.82) is 0 Å². The van der Waals surface area contributed by atoms with Gasteiger partial charge in [-0.2, -0.15) is 0 Å². The summed E-state index contributed by atoms with van der Waals surface area (Å²) in [6.07, 6.45) is 1.93. The summed E-state index contributed by atoms with van der Waals surface area (Å²) in [5, 5.41) is 3.91. The number of fused-ring (bicyclic) bond motifs is 2. The van der Waals surface area contributed by atoms with Crippen molar-refractivity contribution < 1.29 is 18.7 Å². The Kier molecular flexibility index (Phi) is 4.07. The molecule has 0 fully saturated rings. The highest BCUT2D eigenvalue weighted by atomic mass is 16.7. The maximum absolute atomic E-state index is 12.5. The average Bonchev–Trinajstić information content (AvgIpc) is 3.20. The largest absolute Gasteiger partial charge is 0.464 e. The number of carbonyl (C=O) groups is 1. The summed E-state index contributed by atoms with van der Waals surface area (Å²) in [5.41, 5.74) is 4.87. The van der Waals surface area contributed by atoms with Gasteiger partial charge in [0.05, 0.1) is 12.7 Å². The third-order valence-corrected chi connectivity index (χ3v) is 4.67. The van der Waals surface area contributed by atoms with Crippen molar-refractivity contribution in [2.24, 2.45) is 0 Å². The van der Waals surface area contributed by atoms with Gasteiger partial charge in [-0.25, -0.2) is 0 Å². The van der Waals surface area contributed by atoms with Crippen LogP contribution in [0, 0.1) is 6.92 Å². The van der Waals surface area contributed by atoms with Gasteiger partial charge in [-0.1, -0.05) is 13.8 Å². The van der Waals surface area contributed by atoms with Crippen molar-refractivity contribution in [2.75, 3.05) is 12.1 Å². The third kappa shape index (κ3) is 3.01. The summed E-state index contributed by atoms with van der Waals surface area (Å²) in [6.45, 7) is 6.63. The molecule has 3 aromatic rings. The quantitative estimate of drug-likeness (QED) is 0.735. The first-order valence-corrected chi connectivity index (χ1v) is 8.71. The summed E-state index contributed by atoms with van der Waals surface area (Å²) in [5.74, 6) is 1.66. The number of aryl methyl sites for hydroxylation is 1. The molecule has 0 radical (unpaired) electrons. The van der Waals surface area contributed by atoms with Crippen molar-refractivity contribution in [1.82, 2.24) is 0 Å². The van der Waals surface area contributed by atoms with Crippen LogP contribution in [0.3, 0.4) is 0 Å². The van der Waals surface area contributed by atoms with Crippen LogP contribution in [-0.2, 0) is 11.2 Å². The topological polar surface area (TPSA) is 60.7 Å². The number of amides is 1. The van der Waals surface area contributed by atoms with Gasteiger partial charge in [-0.05, 0) is 48.2 Å². The molecular formula is C21H21NO4. The molecule has 5 nitrogen and oxygen atoms in total. The molecule has 0 atom stereocenters. The van der Waals surface area contributed by atoms with E-state index in [-0.39, 0.29) is 19.1 Å². The zero-order valence-electron chi connectivity index (χ0n) is 15.1. The minimum Gasteiger partial charge on any atom is -0.464 e. The minimum absolute atomic E-state index is 0.0989. The standard InChI is InChI=1S/C21H21NO4/c1-12(2)16-9-17-14(10-24-19(17)6-13(16)3)7-21(23)22-15-4-5-18-20(8-15)26-11-25-18/h4-6,8-10,12H,7,11H2,1-3H3,(H,22,23). The van der Waals surface area contributed by atoms with Crippen LogP contribution in [0.4, 0.5) is 5.69 Å². The molecule has 0 aliphatic carbocycles. The monoisotopic (exact) mass is 351 g/mol. The number of hydrogen-bond acceptors (Lipinski definition) is 4. The van der Waals surface area contributed by atoms with Crippen LogP contribution in [0.15, 0.2) is 41.0 Å². The van der Waals surface area contributed by atoms with Crippen molar-refractivity contribution in [2.45, 2.75) is 33.1 Å². The summed E-state index contributed by atoms with van der Waals surface area (Å²) >= 11 is 0. The van der Waals surface area contributed by atoms with Crippen LogP contribution in [0.1, 0.15) is 36.5 Å². The molecule has 26 heavy (non-hydrogen) atoms. The van der Waals surface area contributed by atoms with E-state index in [0.717, 1.165) is 16.5 Å². The lowest BCUT2D eigenvalue weighted by atomic mass is 9.95. The number of nitrogens with one attached hydrogen (secondary N) is 1. The first-order valence-electron chi connectivity index (χ1n) is 8.71. The van der Waals surface area contributed by atoms with E-state index >= 15 is 0 Å². The molecular weight excluding hydrogens is 330 g/mol. The van der Waals surface area contributed by atoms with E-state index in [9.17, 15) is 4.79 Å². The predicted octanol–water partition coefficient (Wildman–Crippen LogP) is 4.77. The summed E-state index contributed by atoms with van der Waals surface area (Å²) in [6, 6.07) is 9.56.